The number of fused-ring (bicyclic) bond motifs is 1. The van der Waals surface area contributed by atoms with Crippen LogP contribution in [0.1, 0.15) is 18.3 Å². The van der Waals surface area contributed by atoms with Crippen LogP contribution in [0.15, 0.2) is 91.0 Å². The molecule has 0 spiro atoms. The summed E-state index contributed by atoms with van der Waals surface area (Å²) in [6.07, 6.45) is 0.816. The van der Waals surface area contributed by atoms with Gasteiger partial charge < -0.3 is 4.57 Å². The van der Waals surface area contributed by atoms with Gasteiger partial charge in [-0.15, -0.1) is 0 Å². The summed E-state index contributed by atoms with van der Waals surface area (Å²) in [5, 5.41) is 0. The molecule has 0 bridgehead atoms. The lowest BCUT2D eigenvalue weighted by molar-refractivity contribution is 0.753. The minimum Gasteiger partial charge on any atom is -0.324 e. The van der Waals surface area contributed by atoms with E-state index in [0.29, 0.717) is 0 Å². The number of benzene rings is 3. The van der Waals surface area contributed by atoms with Crippen molar-refractivity contribution >= 4 is 11.0 Å². The zero-order valence-electron chi connectivity index (χ0n) is 15.0. The first-order chi connectivity index (χ1) is 12.7. The average molecular weight is 338 g/mol. The van der Waals surface area contributed by atoms with E-state index in [-0.39, 0.29) is 0 Å². The van der Waals surface area contributed by atoms with Gasteiger partial charge in [0.15, 0.2) is 0 Å². The SMILES string of the molecule is C=C(C)Cn1c(Cc2ccc(-c3ccccc3)cc2)nc2ccccc21. The van der Waals surface area contributed by atoms with Crippen molar-refractivity contribution in [1.29, 1.82) is 0 Å². The summed E-state index contributed by atoms with van der Waals surface area (Å²) in [7, 11) is 0. The third-order valence-electron chi connectivity index (χ3n) is 4.58. The first kappa shape index (κ1) is 16.3. The Labute approximate surface area is 154 Å². The van der Waals surface area contributed by atoms with Gasteiger partial charge in [0.05, 0.1) is 11.0 Å². The molecule has 1 aromatic heterocycles. The average Bonchev–Trinajstić information content (AvgIpc) is 3.00. The second-order valence-corrected chi connectivity index (χ2v) is 6.80. The molecule has 4 aromatic rings. The van der Waals surface area contributed by atoms with E-state index in [1.165, 1.54) is 22.2 Å². The van der Waals surface area contributed by atoms with Crippen molar-refractivity contribution in [2.75, 3.05) is 0 Å². The highest BCUT2D eigenvalue weighted by Crippen LogP contribution is 2.22. The highest BCUT2D eigenvalue weighted by molar-refractivity contribution is 5.76. The van der Waals surface area contributed by atoms with E-state index >= 15 is 0 Å². The Bertz CT molecular complexity index is 1040. The minimum absolute atomic E-state index is 0.804. The van der Waals surface area contributed by atoms with Crippen molar-refractivity contribution in [2.24, 2.45) is 0 Å². The molecule has 0 aliphatic carbocycles. The van der Waals surface area contributed by atoms with E-state index in [2.05, 4.69) is 84.8 Å². The van der Waals surface area contributed by atoms with Gasteiger partial charge in [-0.05, 0) is 35.7 Å². The Morgan fingerprint density at radius 2 is 1.50 bits per heavy atom. The van der Waals surface area contributed by atoms with Crippen molar-refractivity contribution < 1.29 is 0 Å². The van der Waals surface area contributed by atoms with Gasteiger partial charge in [0.2, 0.25) is 0 Å². The summed E-state index contributed by atoms with van der Waals surface area (Å²) in [6.45, 7) is 6.95. The number of imidazole rings is 1. The second kappa shape index (κ2) is 7.01. The number of hydrogen-bond acceptors (Lipinski definition) is 1. The molecule has 128 valence electrons. The summed E-state index contributed by atoms with van der Waals surface area (Å²) in [5.74, 6) is 1.08. The molecule has 0 amide bonds. The molecule has 0 saturated heterocycles. The van der Waals surface area contributed by atoms with Crippen LogP contribution < -0.4 is 0 Å². The van der Waals surface area contributed by atoms with Crippen LogP contribution in [0.2, 0.25) is 0 Å². The minimum atomic E-state index is 0.804. The van der Waals surface area contributed by atoms with Crippen LogP contribution in [0.5, 0.6) is 0 Å². The van der Waals surface area contributed by atoms with Crippen molar-refractivity contribution in [2.45, 2.75) is 19.9 Å². The molecular weight excluding hydrogens is 316 g/mol. The van der Waals surface area contributed by atoms with E-state index in [9.17, 15) is 0 Å². The fourth-order valence-electron chi connectivity index (χ4n) is 3.33. The van der Waals surface area contributed by atoms with Crippen LogP contribution in [-0.2, 0) is 13.0 Å². The predicted octanol–water partition coefficient (Wildman–Crippen LogP) is 5.87. The first-order valence-electron chi connectivity index (χ1n) is 8.93. The molecule has 0 aliphatic heterocycles. The summed E-state index contributed by atoms with van der Waals surface area (Å²) in [5.41, 5.74) is 7.10. The van der Waals surface area contributed by atoms with E-state index in [4.69, 9.17) is 4.98 Å². The van der Waals surface area contributed by atoms with Crippen molar-refractivity contribution in [3.05, 3.63) is 102 Å². The molecule has 1 heterocycles. The third kappa shape index (κ3) is 3.31. The quantitative estimate of drug-likeness (QED) is 0.416. The van der Waals surface area contributed by atoms with E-state index in [1.807, 2.05) is 12.1 Å². The van der Waals surface area contributed by atoms with Crippen LogP contribution in [0.3, 0.4) is 0 Å². The summed E-state index contributed by atoms with van der Waals surface area (Å²) in [6, 6.07) is 27.6. The number of rotatable bonds is 5. The molecule has 3 aromatic carbocycles. The van der Waals surface area contributed by atoms with Crippen molar-refractivity contribution in [3.63, 3.8) is 0 Å². The molecule has 0 saturated carbocycles. The molecule has 0 aliphatic rings. The summed E-state index contributed by atoms with van der Waals surface area (Å²) in [4.78, 5) is 4.86. The highest BCUT2D eigenvalue weighted by Gasteiger charge is 2.11. The van der Waals surface area contributed by atoms with Crippen LogP contribution >= 0.6 is 0 Å². The lowest BCUT2D eigenvalue weighted by Gasteiger charge is -2.10. The summed E-state index contributed by atoms with van der Waals surface area (Å²) >= 11 is 0. The molecule has 4 rings (SSSR count). The molecule has 2 heteroatoms. The van der Waals surface area contributed by atoms with E-state index < -0.39 is 0 Å². The molecule has 0 radical (unpaired) electrons. The third-order valence-corrected chi connectivity index (χ3v) is 4.58. The van der Waals surface area contributed by atoms with Gasteiger partial charge in [-0.2, -0.15) is 0 Å². The molecular formula is C24H22N2. The lowest BCUT2D eigenvalue weighted by Crippen LogP contribution is -2.05. The Kier molecular flexibility index (Phi) is 4.40. The number of aromatic nitrogens is 2. The normalized spacial score (nSPS) is 11.0. The van der Waals surface area contributed by atoms with Gasteiger partial charge in [0.1, 0.15) is 5.82 Å². The van der Waals surface area contributed by atoms with E-state index in [1.54, 1.807) is 0 Å². The van der Waals surface area contributed by atoms with Crippen LogP contribution in [-0.4, -0.2) is 9.55 Å². The van der Waals surface area contributed by atoms with Gasteiger partial charge in [-0.25, -0.2) is 4.98 Å². The topological polar surface area (TPSA) is 17.8 Å². The first-order valence-corrected chi connectivity index (χ1v) is 8.93. The maximum atomic E-state index is 4.86. The Morgan fingerprint density at radius 1 is 0.846 bits per heavy atom. The molecule has 0 atom stereocenters. The lowest BCUT2D eigenvalue weighted by atomic mass is 10.0. The number of para-hydroxylation sites is 2. The van der Waals surface area contributed by atoms with Crippen molar-refractivity contribution in [1.82, 2.24) is 9.55 Å². The zero-order chi connectivity index (χ0) is 17.9. The Morgan fingerprint density at radius 3 is 2.23 bits per heavy atom. The highest BCUT2D eigenvalue weighted by atomic mass is 15.1. The predicted molar refractivity (Wildman–Crippen MR) is 109 cm³/mol. The largest absolute Gasteiger partial charge is 0.324 e. The van der Waals surface area contributed by atoms with Gasteiger partial charge >= 0.3 is 0 Å². The van der Waals surface area contributed by atoms with Crippen LogP contribution in [0.4, 0.5) is 0 Å². The molecule has 2 nitrogen and oxygen atoms in total. The maximum Gasteiger partial charge on any atom is 0.114 e. The van der Waals surface area contributed by atoms with Gasteiger partial charge in [-0.3, -0.25) is 0 Å². The molecule has 0 N–H and O–H groups in total. The summed E-state index contributed by atoms with van der Waals surface area (Å²) < 4.78 is 2.28. The number of nitrogens with zero attached hydrogens (tertiary/aromatic N) is 2. The Balaban J connectivity index is 1.66. The zero-order valence-corrected chi connectivity index (χ0v) is 15.0. The maximum absolute atomic E-state index is 4.86. The van der Waals surface area contributed by atoms with Gasteiger partial charge in [0, 0.05) is 13.0 Å². The monoisotopic (exact) mass is 338 g/mol. The molecule has 26 heavy (non-hydrogen) atoms. The number of hydrogen-bond donors (Lipinski definition) is 0. The van der Waals surface area contributed by atoms with Crippen LogP contribution in [0, 0.1) is 0 Å². The van der Waals surface area contributed by atoms with Crippen LogP contribution in [0.25, 0.3) is 22.2 Å². The van der Waals surface area contributed by atoms with E-state index in [0.717, 1.165) is 29.9 Å². The second-order valence-electron chi connectivity index (χ2n) is 6.80. The fraction of sp³-hybridized carbons (Fsp3) is 0.125. The standard InChI is InChI=1S/C24H22N2/c1-18(2)17-26-23-11-7-6-10-22(23)25-24(26)16-19-12-14-21(15-13-19)20-8-4-3-5-9-20/h3-15H,1,16-17H2,2H3. The number of allylic oxidation sites excluding steroid dienone is 1. The van der Waals surface area contributed by atoms with Gasteiger partial charge in [-0.1, -0.05) is 78.9 Å². The smallest absolute Gasteiger partial charge is 0.114 e. The Hall–Kier alpha value is -3.13. The van der Waals surface area contributed by atoms with Gasteiger partial charge in [0.25, 0.3) is 0 Å². The fourth-order valence-corrected chi connectivity index (χ4v) is 3.33. The van der Waals surface area contributed by atoms with Crippen molar-refractivity contribution in [3.8, 4) is 11.1 Å². The molecule has 0 fully saturated rings. The molecule has 0 unspecified atom stereocenters.